The second kappa shape index (κ2) is 7.31. The van der Waals surface area contributed by atoms with Crippen molar-refractivity contribution in [3.8, 4) is 5.75 Å². The first-order valence-electron chi connectivity index (χ1n) is 7.17. The molecule has 0 radical (unpaired) electrons. The van der Waals surface area contributed by atoms with E-state index in [0.29, 0.717) is 23.7 Å². The monoisotopic (exact) mass is 296 g/mol. The first-order chi connectivity index (χ1) is 10.6. The molecule has 114 valence electrons. The molecule has 1 amide bonds. The lowest BCUT2D eigenvalue weighted by atomic mass is 10.1. The van der Waals surface area contributed by atoms with E-state index in [1.54, 1.807) is 12.1 Å². The summed E-state index contributed by atoms with van der Waals surface area (Å²) in [6.07, 6.45) is 3.21. The number of ether oxygens (including phenoxy) is 1. The van der Waals surface area contributed by atoms with Crippen molar-refractivity contribution in [2.45, 2.75) is 13.8 Å². The van der Waals surface area contributed by atoms with E-state index in [1.165, 1.54) is 6.08 Å². The highest BCUT2D eigenvalue weighted by atomic mass is 16.5. The SMILES string of the molecule is CCOc1ccccc1NC(=O)/C=C/c1ccc(C)c(N)c1. The Balaban J connectivity index is 2.06. The average molecular weight is 296 g/mol. The van der Waals surface area contributed by atoms with E-state index in [1.807, 2.05) is 50.2 Å². The summed E-state index contributed by atoms with van der Waals surface area (Å²) in [4.78, 5) is 12.0. The van der Waals surface area contributed by atoms with Gasteiger partial charge in [0.15, 0.2) is 0 Å². The minimum absolute atomic E-state index is 0.216. The summed E-state index contributed by atoms with van der Waals surface area (Å²) in [5.74, 6) is 0.442. The third-order valence-electron chi connectivity index (χ3n) is 3.18. The number of hydrogen-bond acceptors (Lipinski definition) is 3. The van der Waals surface area contributed by atoms with Crippen molar-refractivity contribution in [2.24, 2.45) is 0 Å². The highest BCUT2D eigenvalue weighted by Crippen LogP contribution is 2.23. The van der Waals surface area contributed by atoms with Crippen molar-refractivity contribution in [3.05, 3.63) is 59.7 Å². The van der Waals surface area contributed by atoms with Crippen LogP contribution in [0, 0.1) is 6.92 Å². The molecule has 2 aromatic rings. The first-order valence-corrected chi connectivity index (χ1v) is 7.17. The number of nitrogens with two attached hydrogens (primary N) is 1. The molecule has 0 spiro atoms. The van der Waals surface area contributed by atoms with Gasteiger partial charge in [0, 0.05) is 11.8 Å². The fourth-order valence-corrected chi connectivity index (χ4v) is 1.96. The lowest BCUT2D eigenvalue weighted by Crippen LogP contribution is -2.09. The van der Waals surface area contributed by atoms with Gasteiger partial charge in [0.1, 0.15) is 5.75 Å². The predicted octanol–water partition coefficient (Wildman–Crippen LogP) is 3.63. The number of hydrogen-bond donors (Lipinski definition) is 2. The van der Waals surface area contributed by atoms with E-state index >= 15 is 0 Å². The topological polar surface area (TPSA) is 64.3 Å². The molecule has 0 saturated heterocycles. The highest BCUT2D eigenvalue weighted by Gasteiger charge is 2.04. The normalized spacial score (nSPS) is 10.6. The maximum absolute atomic E-state index is 12.0. The maximum atomic E-state index is 12.0. The fourth-order valence-electron chi connectivity index (χ4n) is 1.96. The van der Waals surface area contributed by atoms with Gasteiger partial charge in [-0.25, -0.2) is 0 Å². The summed E-state index contributed by atoms with van der Waals surface area (Å²) in [5, 5.41) is 2.81. The van der Waals surface area contributed by atoms with Crippen molar-refractivity contribution < 1.29 is 9.53 Å². The summed E-state index contributed by atoms with van der Waals surface area (Å²) in [6.45, 7) is 4.39. The van der Waals surface area contributed by atoms with Crippen LogP contribution >= 0.6 is 0 Å². The van der Waals surface area contributed by atoms with Crippen molar-refractivity contribution in [1.29, 1.82) is 0 Å². The van der Waals surface area contributed by atoms with Crippen molar-refractivity contribution in [3.63, 3.8) is 0 Å². The van der Waals surface area contributed by atoms with E-state index in [0.717, 1.165) is 11.1 Å². The molecule has 0 aliphatic rings. The third-order valence-corrected chi connectivity index (χ3v) is 3.18. The minimum atomic E-state index is -0.216. The quantitative estimate of drug-likeness (QED) is 0.654. The maximum Gasteiger partial charge on any atom is 0.248 e. The Bertz CT molecular complexity index is 693. The van der Waals surface area contributed by atoms with Crippen molar-refractivity contribution in [2.75, 3.05) is 17.7 Å². The Morgan fingerprint density at radius 3 is 2.77 bits per heavy atom. The van der Waals surface area contributed by atoms with Gasteiger partial charge < -0.3 is 15.8 Å². The van der Waals surface area contributed by atoms with Gasteiger partial charge in [0.2, 0.25) is 5.91 Å². The average Bonchev–Trinajstić information content (AvgIpc) is 2.51. The zero-order chi connectivity index (χ0) is 15.9. The number of carbonyl (C=O) groups is 1. The van der Waals surface area contributed by atoms with Gasteiger partial charge in [-0.15, -0.1) is 0 Å². The molecule has 0 atom stereocenters. The van der Waals surface area contributed by atoms with Gasteiger partial charge >= 0.3 is 0 Å². The molecule has 2 rings (SSSR count). The zero-order valence-corrected chi connectivity index (χ0v) is 12.8. The van der Waals surface area contributed by atoms with Gasteiger partial charge in [-0.1, -0.05) is 24.3 Å². The molecule has 0 aliphatic carbocycles. The number of para-hydroxylation sites is 2. The highest BCUT2D eigenvalue weighted by molar-refractivity contribution is 6.02. The van der Waals surface area contributed by atoms with Crippen LogP contribution in [0.25, 0.3) is 6.08 Å². The summed E-state index contributed by atoms with van der Waals surface area (Å²) in [7, 11) is 0. The number of nitrogen functional groups attached to an aromatic ring is 1. The number of amides is 1. The molecule has 3 N–H and O–H groups in total. The number of anilines is 2. The second-order valence-electron chi connectivity index (χ2n) is 4.87. The van der Waals surface area contributed by atoms with E-state index < -0.39 is 0 Å². The van der Waals surface area contributed by atoms with Gasteiger partial charge in [-0.2, -0.15) is 0 Å². The summed E-state index contributed by atoms with van der Waals surface area (Å²) < 4.78 is 5.47. The molecule has 2 aromatic carbocycles. The number of carbonyl (C=O) groups excluding carboxylic acids is 1. The van der Waals surface area contributed by atoms with Crippen LogP contribution in [0.15, 0.2) is 48.5 Å². The van der Waals surface area contributed by atoms with E-state index in [-0.39, 0.29) is 5.91 Å². The molecule has 0 saturated carbocycles. The lowest BCUT2D eigenvalue weighted by Gasteiger charge is -2.09. The molecular weight excluding hydrogens is 276 g/mol. The molecule has 0 bridgehead atoms. The summed E-state index contributed by atoms with van der Waals surface area (Å²) >= 11 is 0. The molecule has 0 aromatic heterocycles. The summed E-state index contributed by atoms with van der Waals surface area (Å²) in [5.41, 5.74) is 9.13. The number of benzene rings is 2. The van der Waals surface area contributed by atoms with Crippen LogP contribution in [0.4, 0.5) is 11.4 Å². The standard InChI is InChI=1S/C18H20N2O2/c1-3-22-17-7-5-4-6-16(17)20-18(21)11-10-14-9-8-13(2)15(19)12-14/h4-12H,3,19H2,1-2H3,(H,20,21)/b11-10+. The smallest absolute Gasteiger partial charge is 0.248 e. The molecule has 4 heteroatoms. The molecule has 0 unspecified atom stereocenters. The second-order valence-corrected chi connectivity index (χ2v) is 4.87. The van der Waals surface area contributed by atoms with E-state index in [9.17, 15) is 4.79 Å². The van der Waals surface area contributed by atoms with Crippen molar-refractivity contribution in [1.82, 2.24) is 0 Å². The van der Waals surface area contributed by atoms with Crippen molar-refractivity contribution >= 4 is 23.4 Å². The molecule has 0 aliphatic heterocycles. The first kappa shape index (κ1) is 15.6. The Kier molecular flexibility index (Phi) is 5.20. The largest absolute Gasteiger partial charge is 0.492 e. The van der Waals surface area contributed by atoms with Crippen LogP contribution in [-0.2, 0) is 4.79 Å². The minimum Gasteiger partial charge on any atom is -0.492 e. The van der Waals surface area contributed by atoms with Crippen LogP contribution in [0.2, 0.25) is 0 Å². The Morgan fingerprint density at radius 1 is 1.27 bits per heavy atom. The van der Waals surface area contributed by atoms with Gasteiger partial charge in [-0.05, 0) is 49.2 Å². The number of nitrogens with one attached hydrogen (secondary N) is 1. The van der Waals surface area contributed by atoms with Crippen LogP contribution in [-0.4, -0.2) is 12.5 Å². The number of rotatable bonds is 5. The van der Waals surface area contributed by atoms with Gasteiger partial charge in [-0.3, -0.25) is 4.79 Å². The fraction of sp³-hybridized carbons (Fsp3) is 0.167. The molecule has 22 heavy (non-hydrogen) atoms. The predicted molar refractivity (Wildman–Crippen MR) is 90.9 cm³/mol. The molecular formula is C18H20N2O2. The molecule has 0 heterocycles. The van der Waals surface area contributed by atoms with E-state index in [4.69, 9.17) is 10.5 Å². The zero-order valence-electron chi connectivity index (χ0n) is 12.8. The van der Waals surface area contributed by atoms with Crippen LogP contribution in [0.1, 0.15) is 18.1 Å². The van der Waals surface area contributed by atoms with Gasteiger partial charge in [0.05, 0.1) is 12.3 Å². The Hall–Kier alpha value is -2.75. The van der Waals surface area contributed by atoms with Crippen LogP contribution in [0.3, 0.4) is 0 Å². The number of aryl methyl sites for hydroxylation is 1. The lowest BCUT2D eigenvalue weighted by molar-refractivity contribution is -0.111. The molecule has 4 nitrogen and oxygen atoms in total. The summed E-state index contributed by atoms with van der Waals surface area (Å²) in [6, 6.07) is 13.0. The Labute approximate surface area is 130 Å². The Morgan fingerprint density at radius 2 is 2.05 bits per heavy atom. The van der Waals surface area contributed by atoms with E-state index in [2.05, 4.69) is 5.32 Å². The van der Waals surface area contributed by atoms with Gasteiger partial charge in [0.25, 0.3) is 0 Å². The molecule has 0 fully saturated rings. The van der Waals surface area contributed by atoms with Crippen LogP contribution in [0.5, 0.6) is 5.75 Å². The van der Waals surface area contributed by atoms with Crippen LogP contribution < -0.4 is 15.8 Å². The third kappa shape index (κ3) is 4.12.